The first-order valence-corrected chi connectivity index (χ1v) is 7.40. The first-order valence-electron chi connectivity index (χ1n) is 7.40. The van der Waals surface area contributed by atoms with Gasteiger partial charge in [-0.25, -0.2) is 4.79 Å². The van der Waals surface area contributed by atoms with Gasteiger partial charge < -0.3 is 14.6 Å². The van der Waals surface area contributed by atoms with Crippen LogP contribution in [0.3, 0.4) is 0 Å². The van der Waals surface area contributed by atoms with E-state index in [0.29, 0.717) is 0 Å². The Hall–Kier alpha value is -2.82. The number of ether oxygens (including phenoxy) is 1. The number of hydrogen-bond donors (Lipinski definition) is 0. The average Bonchev–Trinajstić information content (AvgIpc) is 2.59. The number of benzene rings is 2. The van der Waals surface area contributed by atoms with Gasteiger partial charge in [-0.1, -0.05) is 54.6 Å². The van der Waals surface area contributed by atoms with Gasteiger partial charge in [0.2, 0.25) is 0 Å². The molecule has 1 heterocycles. The summed E-state index contributed by atoms with van der Waals surface area (Å²) in [5.74, 6) is -1.27. The molecular weight excluding hydrogens is 294 g/mol. The molecule has 1 aliphatic heterocycles. The standard InChI is InChI=1S/C18H17NO4/c20-17(21)16-10-14-8-4-5-9-15(14)11-19(16)18(22)23-12-13-6-2-1-3-7-13/h1-9,16H,10-12H2,(H,20,21)/p-1/t16-/m1/s1. The lowest BCUT2D eigenvalue weighted by atomic mass is 9.94. The number of carboxylic acid groups (broad SMARTS) is 1. The van der Waals surface area contributed by atoms with Gasteiger partial charge in [0, 0.05) is 6.54 Å². The van der Waals surface area contributed by atoms with Gasteiger partial charge in [0.1, 0.15) is 6.61 Å². The molecule has 0 aliphatic carbocycles. The van der Waals surface area contributed by atoms with E-state index < -0.39 is 18.1 Å². The summed E-state index contributed by atoms with van der Waals surface area (Å²) in [4.78, 5) is 24.9. The number of carbonyl (C=O) groups excluding carboxylic acids is 2. The molecule has 0 N–H and O–H groups in total. The maximum Gasteiger partial charge on any atom is 0.410 e. The maximum atomic E-state index is 12.3. The highest BCUT2D eigenvalue weighted by atomic mass is 16.6. The first kappa shape index (κ1) is 15.1. The topological polar surface area (TPSA) is 69.7 Å². The summed E-state index contributed by atoms with van der Waals surface area (Å²) in [5.41, 5.74) is 2.71. The van der Waals surface area contributed by atoms with Crippen LogP contribution in [-0.4, -0.2) is 23.0 Å². The Morgan fingerprint density at radius 1 is 1.04 bits per heavy atom. The third kappa shape index (κ3) is 3.34. The van der Waals surface area contributed by atoms with Crippen molar-refractivity contribution in [1.29, 1.82) is 0 Å². The number of carboxylic acids is 1. The van der Waals surface area contributed by atoms with Crippen LogP contribution in [0, 0.1) is 0 Å². The largest absolute Gasteiger partial charge is 0.548 e. The lowest BCUT2D eigenvalue weighted by Gasteiger charge is -2.36. The Bertz CT molecular complexity index is 714. The third-order valence-electron chi connectivity index (χ3n) is 3.96. The molecule has 118 valence electrons. The first-order chi connectivity index (χ1) is 11.1. The van der Waals surface area contributed by atoms with E-state index in [1.807, 2.05) is 54.6 Å². The van der Waals surface area contributed by atoms with E-state index in [9.17, 15) is 14.7 Å². The highest BCUT2D eigenvalue weighted by Crippen LogP contribution is 2.24. The number of rotatable bonds is 3. The van der Waals surface area contributed by atoms with Crippen molar-refractivity contribution in [3.8, 4) is 0 Å². The van der Waals surface area contributed by atoms with Crippen molar-refractivity contribution in [2.45, 2.75) is 25.6 Å². The van der Waals surface area contributed by atoms with Gasteiger partial charge in [-0.15, -0.1) is 0 Å². The van der Waals surface area contributed by atoms with Crippen molar-refractivity contribution >= 4 is 12.1 Å². The monoisotopic (exact) mass is 310 g/mol. The fourth-order valence-electron chi connectivity index (χ4n) is 2.73. The smallest absolute Gasteiger partial charge is 0.410 e. The maximum absolute atomic E-state index is 12.3. The SMILES string of the molecule is O=C([O-])[C@H]1Cc2ccccc2CN1C(=O)OCc1ccccc1. The van der Waals surface area contributed by atoms with Crippen LogP contribution in [0.4, 0.5) is 4.79 Å². The average molecular weight is 310 g/mol. The summed E-state index contributed by atoms with van der Waals surface area (Å²) in [6.07, 6.45) is -0.406. The molecule has 0 aromatic heterocycles. The Balaban J connectivity index is 1.74. The molecule has 0 radical (unpaired) electrons. The molecule has 2 aromatic rings. The molecule has 5 nitrogen and oxygen atoms in total. The predicted molar refractivity (Wildman–Crippen MR) is 81.1 cm³/mol. The van der Waals surface area contributed by atoms with Crippen LogP contribution in [0.1, 0.15) is 16.7 Å². The zero-order valence-corrected chi connectivity index (χ0v) is 12.5. The molecule has 23 heavy (non-hydrogen) atoms. The van der Waals surface area contributed by atoms with Crippen molar-refractivity contribution in [3.05, 3.63) is 71.3 Å². The number of aliphatic carboxylic acids is 1. The van der Waals surface area contributed by atoms with Crippen molar-refractivity contribution < 1.29 is 19.4 Å². The minimum absolute atomic E-state index is 0.109. The highest BCUT2D eigenvalue weighted by molar-refractivity contribution is 5.80. The lowest BCUT2D eigenvalue weighted by molar-refractivity contribution is -0.311. The van der Waals surface area contributed by atoms with E-state index in [-0.39, 0.29) is 19.6 Å². The number of hydrogen-bond acceptors (Lipinski definition) is 4. The highest BCUT2D eigenvalue weighted by Gasteiger charge is 2.31. The van der Waals surface area contributed by atoms with Gasteiger partial charge in [0.05, 0.1) is 12.0 Å². The lowest BCUT2D eigenvalue weighted by Crippen LogP contribution is -2.53. The van der Waals surface area contributed by atoms with Gasteiger partial charge in [-0.2, -0.15) is 0 Å². The molecule has 3 rings (SSSR count). The zero-order valence-electron chi connectivity index (χ0n) is 12.5. The van der Waals surface area contributed by atoms with Crippen LogP contribution in [0.5, 0.6) is 0 Å². The van der Waals surface area contributed by atoms with Gasteiger partial charge in [-0.05, 0) is 23.1 Å². The quantitative estimate of drug-likeness (QED) is 0.861. The molecule has 1 atom stereocenters. The van der Waals surface area contributed by atoms with E-state index in [1.165, 1.54) is 4.90 Å². The van der Waals surface area contributed by atoms with E-state index >= 15 is 0 Å². The van der Waals surface area contributed by atoms with Crippen LogP contribution in [0.2, 0.25) is 0 Å². The number of fused-ring (bicyclic) bond motifs is 1. The van der Waals surface area contributed by atoms with Gasteiger partial charge in [0.25, 0.3) is 0 Å². The second kappa shape index (κ2) is 6.52. The summed E-state index contributed by atoms with van der Waals surface area (Å²) in [6, 6.07) is 15.7. The molecule has 2 aromatic carbocycles. The molecule has 0 fully saturated rings. The van der Waals surface area contributed by atoms with Crippen molar-refractivity contribution in [3.63, 3.8) is 0 Å². The summed E-state index contributed by atoms with van der Waals surface area (Å²) in [5, 5.41) is 11.4. The number of amides is 1. The Labute approximate surface area is 134 Å². The molecular formula is C18H16NO4-. The molecule has 0 unspecified atom stereocenters. The summed E-state index contributed by atoms with van der Waals surface area (Å²) in [7, 11) is 0. The fourth-order valence-corrected chi connectivity index (χ4v) is 2.73. The summed E-state index contributed by atoms with van der Waals surface area (Å²) < 4.78 is 5.26. The van der Waals surface area contributed by atoms with Crippen molar-refractivity contribution in [2.75, 3.05) is 0 Å². The summed E-state index contributed by atoms with van der Waals surface area (Å²) in [6.45, 7) is 0.319. The molecule has 0 bridgehead atoms. The van der Waals surface area contributed by atoms with Crippen LogP contribution >= 0.6 is 0 Å². The fraction of sp³-hybridized carbons (Fsp3) is 0.222. The Morgan fingerprint density at radius 3 is 2.39 bits per heavy atom. The van der Waals surface area contributed by atoms with Gasteiger partial charge in [0.15, 0.2) is 0 Å². The Kier molecular flexibility index (Phi) is 4.28. The normalized spacial score (nSPS) is 16.5. The van der Waals surface area contributed by atoms with Crippen molar-refractivity contribution in [2.24, 2.45) is 0 Å². The van der Waals surface area contributed by atoms with E-state index in [2.05, 4.69) is 0 Å². The second-order valence-corrected chi connectivity index (χ2v) is 5.48. The molecule has 0 spiro atoms. The van der Waals surface area contributed by atoms with E-state index in [4.69, 9.17) is 4.74 Å². The predicted octanol–water partition coefficient (Wildman–Crippen LogP) is 1.50. The van der Waals surface area contributed by atoms with Crippen LogP contribution in [0.15, 0.2) is 54.6 Å². The van der Waals surface area contributed by atoms with Crippen LogP contribution in [0.25, 0.3) is 0 Å². The van der Waals surface area contributed by atoms with E-state index in [1.54, 1.807) is 0 Å². The number of carbonyl (C=O) groups is 2. The minimum atomic E-state index is -1.27. The van der Waals surface area contributed by atoms with Crippen LogP contribution in [-0.2, 0) is 29.1 Å². The molecule has 5 heteroatoms. The third-order valence-corrected chi connectivity index (χ3v) is 3.96. The molecule has 1 aliphatic rings. The zero-order chi connectivity index (χ0) is 16.2. The Morgan fingerprint density at radius 2 is 1.70 bits per heavy atom. The van der Waals surface area contributed by atoms with E-state index in [0.717, 1.165) is 16.7 Å². The molecule has 1 amide bonds. The van der Waals surface area contributed by atoms with Gasteiger partial charge >= 0.3 is 6.09 Å². The second-order valence-electron chi connectivity index (χ2n) is 5.48. The summed E-state index contributed by atoms with van der Waals surface area (Å²) >= 11 is 0. The minimum Gasteiger partial charge on any atom is -0.548 e. The molecule has 0 saturated carbocycles. The number of nitrogens with zero attached hydrogens (tertiary/aromatic N) is 1. The molecule has 0 saturated heterocycles. The van der Waals surface area contributed by atoms with Gasteiger partial charge in [-0.3, -0.25) is 4.90 Å². The van der Waals surface area contributed by atoms with Crippen LogP contribution < -0.4 is 5.11 Å². The van der Waals surface area contributed by atoms with Crippen molar-refractivity contribution in [1.82, 2.24) is 4.90 Å².